The van der Waals surface area contributed by atoms with Gasteiger partial charge in [0.15, 0.2) is 6.61 Å². The van der Waals surface area contributed by atoms with Crippen molar-refractivity contribution in [3.05, 3.63) is 65.2 Å². The van der Waals surface area contributed by atoms with Crippen molar-refractivity contribution < 1.29 is 14.3 Å². The summed E-state index contributed by atoms with van der Waals surface area (Å²) in [5.41, 5.74) is 3.47. The van der Waals surface area contributed by atoms with Gasteiger partial charge in [-0.15, -0.1) is 0 Å². The summed E-state index contributed by atoms with van der Waals surface area (Å²) in [4.78, 5) is 23.4. The van der Waals surface area contributed by atoms with Crippen LogP contribution in [0.4, 0.5) is 0 Å². The van der Waals surface area contributed by atoms with Crippen LogP contribution in [-0.4, -0.2) is 18.3 Å². The van der Waals surface area contributed by atoms with Gasteiger partial charge in [0.05, 0.1) is 6.04 Å². The molecule has 1 saturated carbocycles. The zero-order valence-corrected chi connectivity index (χ0v) is 16.0. The number of benzene rings is 2. The highest BCUT2D eigenvalue weighted by atomic mass is 16.5. The Morgan fingerprint density at radius 1 is 1.07 bits per heavy atom. The van der Waals surface area contributed by atoms with Gasteiger partial charge in [-0.05, 0) is 62.3 Å². The van der Waals surface area contributed by atoms with Gasteiger partial charge in [0.2, 0.25) is 0 Å². The van der Waals surface area contributed by atoms with Crippen LogP contribution in [0, 0.1) is 12.8 Å². The van der Waals surface area contributed by atoms with Crippen LogP contribution in [0.2, 0.25) is 0 Å². The summed E-state index contributed by atoms with van der Waals surface area (Å²) in [5.74, 6) is 1.27. The van der Waals surface area contributed by atoms with Crippen LogP contribution in [0.15, 0.2) is 48.5 Å². The maximum Gasteiger partial charge on any atom is 0.258 e. The standard InChI is InChI=1S/C23H27NO3/c1-16-3-9-19(10-4-16)23(20-11-12-20)24-22(26)15-27-21-13-7-18(8-14-21)6-5-17(2)25/h3-4,7-10,13-14,20,23H,5-6,11-12,15H2,1-2H3,(H,24,26). The third-order valence-corrected chi connectivity index (χ3v) is 4.91. The number of nitrogens with one attached hydrogen (secondary N) is 1. The summed E-state index contributed by atoms with van der Waals surface area (Å²) in [7, 11) is 0. The minimum absolute atomic E-state index is 0.00186. The van der Waals surface area contributed by atoms with Gasteiger partial charge >= 0.3 is 0 Å². The molecule has 2 aromatic carbocycles. The summed E-state index contributed by atoms with van der Waals surface area (Å²) in [6, 6.07) is 16.0. The van der Waals surface area contributed by atoms with E-state index in [4.69, 9.17) is 4.74 Å². The van der Waals surface area contributed by atoms with Crippen molar-refractivity contribution in [3.8, 4) is 5.75 Å². The van der Waals surface area contributed by atoms with Gasteiger partial charge in [-0.2, -0.15) is 0 Å². The summed E-state index contributed by atoms with van der Waals surface area (Å²) in [6.45, 7) is 3.66. The predicted molar refractivity (Wildman–Crippen MR) is 106 cm³/mol. The second-order valence-corrected chi connectivity index (χ2v) is 7.43. The van der Waals surface area contributed by atoms with Crippen LogP contribution in [-0.2, 0) is 16.0 Å². The fourth-order valence-corrected chi connectivity index (χ4v) is 3.11. The summed E-state index contributed by atoms with van der Waals surface area (Å²) >= 11 is 0. The predicted octanol–water partition coefficient (Wildman–Crippen LogP) is 4.16. The molecule has 0 saturated heterocycles. The molecule has 4 nitrogen and oxygen atoms in total. The first kappa shape index (κ1) is 19.2. The van der Waals surface area contributed by atoms with Gasteiger partial charge in [-0.1, -0.05) is 42.0 Å². The molecule has 0 heterocycles. The van der Waals surface area contributed by atoms with Crippen LogP contribution in [0.1, 0.15) is 48.9 Å². The fourth-order valence-electron chi connectivity index (χ4n) is 3.11. The van der Waals surface area contributed by atoms with E-state index >= 15 is 0 Å². The molecule has 142 valence electrons. The lowest BCUT2D eigenvalue weighted by atomic mass is 10.0. The van der Waals surface area contributed by atoms with E-state index in [1.807, 2.05) is 24.3 Å². The van der Waals surface area contributed by atoms with Crippen molar-refractivity contribution in [1.29, 1.82) is 0 Å². The van der Waals surface area contributed by atoms with E-state index in [0.717, 1.165) is 30.4 Å². The highest BCUT2D eigenvalue weighted by molar-refractivity contribution is 5.78. The average molecular weight is 365 g/mol. The van der Waals surface area contributed by atoms with Gasteiger partial charge in [-0.25, -0.2) is 0 Å². The Kier molecular flexibility index (Phi) is 6.28. The molecule has 0 aliphatic heterocycles. The first-order valence-corrected chi connectivity index (χ1v) is 9.58. The van der Waals surface area contributed by atoms with E-state index < -0.39 is 0 Å². The summed E-state index contributed by atoms with van der Waals surface area (Å²) in [5, 5.41) is 3.13. The molecule has 1 aliphatic carbocycles. The number of Topliss-reactive ketones (excluding diaryl/α,β-unsaturated/α-hetero) is 1. The van der Waals surface area contributed by atoms with Crippen molar-refractivity contribution >= 4 is 11.7 Å². The molecular weight excluding hydrogens is 338 g/mol. The van der Waals surface area contributed by atoms with Crippen molar-refractivity contribution in [2.24, 2.45) is 5.92 Å². The number of rotatable bonds is 9. The second-order valence-electron chi connectivity index (χ2n) is 7.43. The molecule has 2 aromatic rings. The highest BCUT2D eigenvalue weighted by Gasteiger charge is 2.33. The Hall–Kier alpha value is -2.62. The molecule has 0 aromatic heterocycles. The topological polar surface area (TPSA) is 55.4 Å². The van der Waals surface area contributed by atoms with Crippen LogP contribution in [0.5, 0.6) is 5.75 Å². The Labute approximate surface area is 160 Å². The van der Waals surface area contributed by atoms with E-state index in [0.29, 0.717) is 18.1 Å². The number of ether oxygens (including phenoxy) is 1. The van der Waals surface area contributed by atoms with Crippen molar-refractivity contribution in [3.63, 3.8) is 0 Å². The lowest BCUT2D eigenvalue weighted by Crippen LogP contribution is -2.33. The Morgan fingerprint density at radius 3 is 2.33 bits per heavy atom. The van der Waals surface area contributed by atoms with Crippen LogP contribution < -0.4 is 10.1 Å². The van der Waals surface area contributed by atoms with Gasteiger partial charge in [0, 0.05) is 6.42 Å². The smallest absolute Gasteiger partial charge is 0.258 e. The van der Waals surface area contributed by atoms with Crippen LogP contribution >= 0.6 is 0 Å². The van der Waals surface area contributed by atoms with Crippen molar-refractivity contribution in [2.45, 2.75) is 45.6 Å². The molecule has 1 amide bonds. The summed E-state index contributed by atoms with van der Waals surface area (Å²) < 4.78 is 5.63. The Bertz CT molecular complexity index is 776. The number of hydrogen-bond acceptors (Lipinski definition) is 3. The number of hydrogen-bond donors (Lipinski definition) is 1. The number of carbonyl (C=O) groups excluding carboxylic acids is 2. The zero-order chi connectivity index (χ0) is 19.2. The molecule has 1 unspecified atom stereocenters. The van der Waals surface area contributed by atoms with Gasteiger partial charge < -0.3 is 14.8 Å². The van der Waals surface area contributed by atoms with Crippen LogP contribution in [0.3, 0.4) is 0 Å². The molecule has 1 fully saturated rings. The monoisotopic (exact) mass is 365 g/mol. The molecule has 0 radical (unpaired) electrons. The van der Waals surface area contributed by atoms with E-state index in [-0.39, 0.29) is 24.3 Å². The third-order valence-electron chi connectivity index (χ3n) is 4.91. The zero-order valence-electron chi connectivity index (χ0n) is 16.0. The Morgan fingerprint density at radius 2 is 1.74 bits per heavy atom. The number of aryl methyl sites for hydroxylation is 2. The van der Waals surface area contributed by atoms with E-state index in [2.05, 4.69) is 36.5 Å². The van der Waals surface area contributed by atoms with Gasteiger partial charge in [0.1, 0.15) is 11.5 Å². The lowest BCUT2D eigenvalue weighted by molar-refractivity contribution is -0.124. The first-order chi connectivity index (χ1) is 13.0. The molecule has 0 bridgehead atoms. The maximum atomic E-state index is 12.4. The minimum atomic E-state index is -0.104. The Balaban J connectivity index is 1.51. The van der Waals surface area contributed by atoms with Crippen molar-refractivity contribution in [1.82, 2.24) is 5.32 Å². The molecule has 1 N–H and O–H groups in total. The molecular formula is C23H27NO3. The molecule has 27 heavy (non-hydrogen) atoms. The highest BCUT2D eigenvalue weighted by Crippen LogP contribution is 2.41. The quantitative estimate of drug-likeness (QED) is 0.726. The number of carbonyl (C=O) groups is 2. The fraction of sp³-hybridized carbons (Fsp3) is 0.391. The molecule has 1 aliphatic rings. The van der Waals surface area contributed by atoms with Gasteiger partial charge in [0.25, 0.3) is 5.91 Å². The lowest BCUT2D eigenvalue weighted by Gasteiger charge is -2.19. The van der Waals surface area contributed by atoms with E-state index in [9.17, 15) is 9.59 Å². The van der Waals surface area contributed by atoms with Gasteiger partial charge in [-0.3, -0.25) is 4.79 Å². The second kappa shape index (κ2) is 8.85. The summed E-state index contributed by atoms with van der Waals surface area (Å²) in [6.07, 6.45) is 3.59. The molecule has 0 spiro atoms. The first-order valence-electron chi connectivity index (χ1n) is 9.58. The van der Waals surface area contributed by atoms with Crippen molar-refractivity contribution in [2.75, 3.05) is 6.61 Å². The average Bonchev–Trinajstić information content (AvgIpc) is 3.49. The molecule has 1 atom stereocenters. The maximum absolute atomic E-state index is 12.4. The molecule has 3 rings (SSSR count). The number of ketones is 1. The van der Waals surface area contributed by atoms with Crippen LogP contribution in [0.25, 0.3) is 0 Å². The minimum Gasteiger partial charge on any atom is -0.484 e. The molecule has 4 heteroatoms. The van der Waals surface area contributed by atoms with E-state index in [1.165, 1.54) is 5.56 Å². The van der Waals surface area contributed by atoms with E-state index in [1.54, 1.807) is 6.92 Å². The largest absolute Gasteiger partial charge is 0.484 e. The third kappa shape index (κ3) is 5.95. The number of amides is 1. The normalized spacial score (nSPS) is 14.4. The SMILES string of the molecule is CC(=O)CCc1ccc(OCC(=O)NC(c2ccc(C)cc2)C2CC2)cc1.